The zero-order valence-electron chi connectivity index (χ0n) is 9.96. The van der Waals surface area contributed by atoms with Crippen LogP contribution >= 0.6 is 0 Å². The molecule has 0 unspecified atom stereocenters. The topological polar surface area (TPSA) is 106 Å². The van der Waals surface area contributed by atoms with Gasteiger partial charge in [-0.05, 0) is 31.0 Å². The van der Waals surface area contributed by atoms with Gasteiger partial charge in [-0.1, -0.05) is 0 Å². The van der Waals surface area contributed by atoms with Gasteiger partial charge in [0.15, 0.2) is 0 Å². The number of carbonyl (C=O) groups is 1. The van der Waals surface area contributed by atoms with Gasteiger partial charge >= 0.3 is 0 Å². The van der Waals surface area contributed by atoms with E-state index in [4.69, 9.17) is 11.5 Å². The molecule has 1 amide bonds. The molecule has 0 radical (unpaired) electrons. The van der Waals surface area contributed by atoms with Crippen LogP contribution in [0.5, 0.6) is 0 Å². The summed E-state index contributed by atoms with van der Waals surface area (Å²) in [5.41, 5.74) is 11.0. The van der Waals surface area contributed by atoms with Crippen molar-refractivity contribution < 1.29 is 13.2 Å². The van der Waals surface area contributed by atoms with Crippen molar-refractivity contribution in [1.29, 1.82) is 0 Å². The molecule has 1 aromatic carbocycles. The summed E-state index contributed by atoms with van der Waals surface area (Å²) in [6.45, 7) is 0. The van der Waals surface area contributed by atoms with Crippen LogP contribution in [0.4, 0.5) is 5.69 Å². The summed E-state index contributed by atoms with van der Waals surface area (Å²) < 4.78 is 25.8. The quantitative estimate of drug-likeness (QED) is 0.759. The highest BCUT2D eigenvalue weighted by molar-refractivity contribution is 7.89. The van der Waals surface area contributed by atoms with Gasteiger partial charge in [0.05, 0.1) is 5.69 Å². The molecule has 2 rings (SSSR count). The van der Waals surface area contributed by atoms with E-state index in [1.165, 1.54) is 29.6 Å². The summed E-state index contributed by atoms with van der Waals surface area (Å²) in [5, 5.41) is 0. The minimum atomic E-state index is -3.59. The second kappa shape index (κ2) is 4.25. The fourth-order valence-electron chi connectivity index (χ4n) is 1.73. The molecule has 1 aliphatic rings. The number of benzene rings is 1. The van der Waals surface area contributed by atoms with Gasteiger partial charge in [0.1, 0.15) is 4.90 Å². The summed E-state index contributed by atoms with van der Waals surface area (Å²) in [7, 11) is -2.06. The van der Waals surface area contributed by atoms with E-state index in [9.17, 15) is 13.2 Å². The van der Waals surface area contributed by atoms with Crippen molar-refractivity contribution in [2.75, 3.05) is 12.8 Å². The molecule has 0 heterocycles. The van der Waals surface area contributed by atoms with E-state index >= 15 is 0 Å². The Hall–Kier alpha value is -1.60. The zero-order valence-corrected chi connectivity index (χ0v) is 10.8. The molecule has 1 fully saturated rings. The molecular weight excluding hydrogens is 254 g/mol. The van der Waals surface area contributed by atoms with Crippen LogP contribution in [-0.4, -0.2) is 31.7 Å². The lowest BCUT2D eigenvalue weighted by atomic mass is 10.2. The average Bonchev–Trinajstić information content (AvgIpc) is 3.11. The standard InChI is InChI=1S/C11H15N3O3S/c1-14(8-3-4-8)18(16,17)10-5-2-7(11(13)15)6-9(10)12/h2,5-6,8H,3-4,12H2,1H3,(H2,13,15). The number of nitrogens with zero attached hydrogens (tertiary/aromatic N) is 1. The fraction of sp³-hybridized carbons (Fsp3) is 0.364. The largest absolute Gasteiger partial charge is 0.398 e. The molecule has 0 aliphatic heterocycles. The van der Waals surface area contributed by atoms with Gasteiger partial charge in [0, 0.05) is 18.7 Å². The van der Waals surface area contributed by atoms with Crippen LogP contribution in [0.3, 0.4) is 0 Å². The molecular formula is C11H15N3O3S. The monoisotopic (exact) mass is 269 g/mol. The first-order chi connectivity index (χ1) is 8.34. The van der Waals surface area contributed by atoms with Crippen LogP contribution in [0.1, 0.15) is 23.2 Å². The third-order valence-corrected chi connectivity index (χ3v) is 5.00. The van der Waals surface area contributed by atoms with Crippen LogP contribution in [0.2, 0.25) is 0 Å². The number of hydrogen-bond acceptors (Lipinski definition) is 4. The summed E-state index contributed by atoms with van der Waals surface area (Å²) in [5.74, 6) is -0.638. The number of sulfonamides is 1. The summed E-state index contributed by atoms with van der Waals surface area (Å²) in [6.07, 6.45) is 1.74. The van der Waals surface area contributed by atoms with Crippen molar-refractivity contribution in [3.8, 4) is 0 Å². The first kappa shape index (κ1) is 12.8. The molecule has 1 aliphatic carbocycles. The highest BCUT2D eigenvalue weighted by Crippen LogP contribution is 2.32. The van der Waals surface area contributed by atoms with Crippen molar-refractivity contribution in [2.45, 2.75) is 23.8 Å². The normalized spacial score (nSPS) is 15.9. The minimum absolute atomic E-state index is 0.0156. The maximum atomic E-state index is 12.2. The van der Waals surface area contributed by atoms with Gasteiger partial charge in [0.2, 0.25) is 15.9 Å². The van der Waals surface area contributed by atoms with Gasteiger partial charge < -0.3 is 11.5 Å². The zero-order chi connectivity index (χ0) is 13.5. The molecule has 98 valence electrons. The van der Waals surface area contributed by atoms with E-state index < -0.39 is 15.9 Å². The van der Waals surface area contributed by atoms with Gasteiger partial charge in [-0.3, -0.25) is 4.79 Å². The Bertz CT molecular complexity index is 594. The first-order valence-electron chi connectivity index (χ1n) is 5.51. The molecule has 1 saturated carbocycles. The van der Waals surface area contributed by atoms with E-state index in [0.717, 1.165) is 12.8 Å². The summed E-state index contributed by atoms with van der Waals surface area (Å²) in [4.78, 5) is 11.0. The van der Waals surface area contributed by atoms with Crippen LogP contribution < -0.4 is 11.5 Å². The molecule has 0 bridgehead atoms. The molecule has 0 spiro atoms. The Morgan fingerprint density at radius 3 is 2.44 bits per heavy atom. The van der Waals surface area contributed by atoms with Crippen molar-refractivity contribution >= 4 is 21.6 Å². The molecule has 18 heavy (non-hydrogen) atoms. The lowest BCUT2D eigenvalue weighted by Crippen LogP contribution is -2.29. The summed E-state index contributed by atoms with van der Waals surface area (Å²) >= 11 is 0. The van der Waals surface area contributed by atoms with E-state index in [1.807, 2.05) is 0 Å². The minimum Gasteiger partial charge on any atom is -0.398 e. The molecule has 0 atom stereocenters. The molecule has 1 aromatic rings. The Labute approximate surface area is 106 Å². The fourth-order valence-corrected chi connectivity index (χ4v) is 3.24. The number of amides is 1. The third-order valence-electron chi connectivity index (χ3n) is 3.01. The SMILES string of the molecule is CN(C1CC1)S(=O)(=O)c1ccc(C(N)=O)cc1N. The van der Waals surface area contributed by atoms with Crippen LogP contribution in [0.25, 0.3) is 0 Å². The van der Waals surface area contributed by atoms with Crippen LogP contribution in [0.15, 0.2) is 23.1 Å². The van der Waals surface area contributed by atoms with E-state index in [-0.39, 0.29) is 22.2 Å². The van der Waals surface area contributed by atoms with Crippen LogP contribution in [-0.2, 0) is 10.0 Å². The van der Waals surface area contributed by atoms with Gasteiger partial charge in [-0.25, -0.2) is 8.42 Å². The number of nitrogens with two attached hydrogens (primary N) is 2. The summed E-state index contributed by atoms with van der Waals surface area (Å²) in [6, 6.07) is 4.04. The van der Waals surface area contributed by atoms with Crippen molar-refractivity contribution in [1.82, 2.24) is 4.31 Å². The van der Waals surface area contributed by atoms with Gasteiger partial charge in [-0.2, -0.15) is 4.31 Å². The molecule has 4 N–H and O–H groups in total. The Kier molecular flexibility index (Phi) is 3.04. The number of hydrogen-bond donors (Lipinski definition) is 2. The molecule has 0 aromatic heterocycles. The lowest BCUT2D eigenvalue weighted by Gasteiger charge is -2.17. The number of rotatable bonds is 4. The van der Waals surface area contributed by atoms with E-state index in [2.05, 4.69) is 0 Å². The maximum Gasteiger partial charge on any atom is 0.248 e. The second-order valence-electron chi connectivity index (χ2n) is 4.37. The van der Waals surface area contributed by atoms with Crippen molar-refractivity contribution in [3.63, 3.8) is 0 Å². The maximum absolute atomic E-state index is 12.2. The number of primary amides is 1. The second-order valence-corrected chi connectivity index (χ2v) is 6.34. The number of carbonyl (C=O) groups excluding carboxylic acids is 1. The van der Waals surface area contributed by atoms with Crippen LogP contribution in [0, 0.1) is 0 Å². The Morgan fingerprint density at radius 1 is 1.39 bits per heavy atom. The molecule has 6 nitrogen and oxygen atoms in total. The average molecular weight is 269 g/mol. The van der Waals surface area contributed by atoms with Crippen molar-refractivity contribution in [3.05, 3.63) is 23.8 Å². The van der Waals surface area contributed by atoms with Gasteiger partial charge in [0.25, 0.3) is 0 Å². The highest BCUT2D eigenvalue weighted by Gasteiger charge is 2.35. The lowest BCUT2D eigenvalue weighted by molar-refractivity contribution is 0.1000. The molecule has 7 heteroatoms. The van der Waals surface area contributed by atoms with Crippen molar-refractivity contribution in [2.24, 2.45) is 5.73 Å². The Balaban J connectivity index is 2.41. The van der Waals surface area contributed by atoms with E-state index in [0.29, 0.717) is 0 Å². The Morgan fingerprint density at radius 2 is 2.00 bits per heavy atom. The number of anilines is 1. The smallest absolute Gasteiger partial charge is 0.248 e. The van der Waals surface area contributed by atoms with Gasteiger partial charge in [-0.15, -0.1) is 0 Å². The predicted octanol–water partition coefficient (Wildman–Crippen LogP) is 0.151. The third kappa shape index (κ3) is 2.19. The predicted molar refractivity (Wildman–Crippen MR) is 67.3 cm³/mol. The first-order valence-corrected chi connectivity index (χ1v) is 6.95. The highest BCUT2D eigenvalue weighted by atomic mass is 32.2. The van der Waals surface area contributed by atoms with E-state index in [1.54, 1.807) is 0 Å². The number of nitrogen functional groups attached to an aromatic ring is 1. The molecule has 0 saturated heterocycles.